The van der Waals surface area contributed by atoms with Crippen molar-refractivity contribution >= 4 is 31.2 Å². The highest BCUT2D eigenvalue weighted by Crippen LogP contribution is 2.26. The van der Waals surface area contributed by atoms with E-state index in [2.05, 4.69) is 5.32 Å². The monoisotopic (exact) mass is 338 g/mol. The molecule has 1 aliphatic rings. The predicted molar refractivity (Wildman–Crippen MR) is 79.1 cm³/mol. The van der Waals surface area contributed by atoms with Crippen LogP contribution in [0.2, 0.25) is 0 Å². The second-order valence-electron chi connectivity index (χ2n) is 4.54. The normalized spacial score (nSPS) is 20.1. The van der Waals surface area contributed by atoms with Crippen LogP contribution in [0.1, 0.15) is 11.8 Å². The van der Waals surface area contributed by atoms with Gasteiger partial charge in [-0.25, -0.2) is 16.8 Å². The molecule has 2 rings (SSSR count). The zero-order valence-corrected chi connectivity index (χ0v) is 13.7. The van der Waals surface area contributed by atoms with Crippen molar-refractivity contribution in [2.45, 2.75) is 18.4 Å². The summed E-state index contributed by atoms with van der Waals surface area (Å²) in [5.74, 6) is -0.197. The molecule has 0 unspecified atom stereocenters. The number of thiophene rings is 1. The largest absolute Gasteiger partial charge is 0.312 e. The van der Waals surface area contributed by atoms with Gasteiger partial charge in [0.2, 0.25) is 10.0 Å². The van der Waals surface area contributed by atoms with Crippen LogP contribution in [0.25, 0.3) is 0 Å². The minimum Gasteiger partial charge on any atom is -0.312 e. The van der Waals surface area contributed by atoms with E-state index >= 15 is 0 Å². The van der Waals surface area contributed by atoms with Crippen molar-refractivity contribution < 1.29 is 16.8 Å². The lowest BCUT2D eigenvalue weighted by Gasteiger charge is -2.26. The highest BCUT2D eigenvalue weighted by Gasteiger charge is 2.32. The number of rotatable bonds is 5. The fourth-order valence-corrected chi connectivity index (χ4v) is 6.26. The number of nitrogens with zero attached hydrogens (tertiary/aromatic N) is 1. The van der Waals surface area contributed by atoms with Gasteiger partial charge >= 0.3 is 0 Å². The molecule has 0 spiro atoms. The molecular weight excluding hydrogens is 320 g/mol. The summed E-state index contributed by atoms with van der Waals surface area (Å²) >= 11 is 1.39. The van der Waals surface area contributed by atoms with Gasteiger partial charge in [0.05, 0.1) is 16.4 Å². The summed E-state index contributed by atoms with van der Waals surface area (Å²) in [5.41, 5.74) is 0. The molecule has 0 amide bonds. The van der Waals surface area contributed by atoms with Crippen molar-refractivity contribution in [3.8, 4) is 0 Å². The van der Waals surface area contributed by atoms with Gasteiger partial charge in [-0.3, -0.25) is 0 Å². The lowest BCUT2D eigenvalue weighted by atomic mass is 10.4. The molecular formula is C11H18N2O4S3. The van der Waals surface area contributed by atoms with Crippen molar-refractivity contribution in [2.24, 2.45) is 0 Å². The van der Waals surface area contributed by atoms with Crippen LogP contribution < -0.4 is 5.32 Å². The maximum atomic E-state index is 12.6. The molecule has 114 valence electrons. The van der Waals surface area contributed by atoms with Crippen LogP contribution in [-0.4, -0.2) is 52.3 Å². The maximum absolute atomic E-state index is 12.6. The Labute approximate surface area is 123 Å². The Morgan fingerprint density at radius 1 is 1.35 bits per heavy atom. The first kappa shape index (κ1) is 15.9. The predicted octanol–water partition coefficient (Wildman–Crippen LogP) is 0.277. The van der Waals surface area contributed by atoms with Crippen molar-refractivity contribution in [1.82, 2.24) is 9.62 Å². The van der Waals surface area contributed by atoms with Crippen LogP contribution in [0.3, 0.4) is 0 Å². The summed E-state index contributed by atoms with van der Waals surface area (Å²) in [6.45, 7) is 3.31. The van der Waals surface area contributed by atoms with Gasteiger partial charge in [-0.15, -0.1) is 11.3 Å². The van der Waals surface area contributed by atoms with Crippen molar-refractivity contribution in [3.05, 3.63) is 16.3 Å². The Hall–Kier alpha value is -0.480. The van der Waals surface area contributed by atoms with E-state index in [9.17, 15) is 16.8 Å². The average molecular weight is 338 g/mol. The van der Waals surface area contributed by atoms with E-state index in [-0.39, 0.29) is 24.6 Å². The van der Waals surface area contributed by atoms with Gasteiger partial charge in [0, 0.05) is 24.5 Å². The van der Waals surface area contributed by atoms with Crippen molar-refractivity contribution in [2.75, 3.05) is 31.1 Å². The van der Waals surface area contributed by atoms with Crippen molar-refractivity contribution in [3.63, 3.8) is 0 Å². The smallest absolute Gasteiger partial charge is 0.244 e. The number of hydrogen-bond donors (Lipinski definition) is 1. The molecule has 0 aliphatic carbocycles. The Morgan fingerprint density at radius 2 is 2.00 bits per heavy atom. The zero-order chi connectivity index (χ0) is 14.8. The third-order valence-corrected chi connectivity index (χ3v) is 7.80. The summed E-state index contributed by atoms with van der Waals surface area (Å²) in [4.78, 5) is 1.06. The van der Waals surface area contributed by atoms with E-state index in [0.29, 0.717) is 11.4 Å². The van der Waals surface area contributed by atoms with Gasteiger partial charge in [-0.1, -0.05) is 6.92 Å². The van der Waals surface area contributed by atoms with E-state index in [0.717, 1.165) is 11.4 Å². The van der Waals surface area contributed by atoms with Gasteiger partial charge < -0.3 is 5.32 Å². The average Bonchev–Trinajstić information content (AvgIpc) is 2.84. The van der Waals surface area contributed by atoms with Gasteiger partial charge in [0.25, 0.3) is 0 Å². The van der Waals surface area contributed by atoms with E-state index in [1.54, 1.807) is 11.4 Å². The first-order valence-electron chi connectivity index (χ1n) is 6.34. The molecule has 0 saturated carbocycles. The summed E-state index contributed by atoms with van der Waals surface area (Å²) in [7, 11) is -6.68. The SMILES string of the molecule is CCNCc1sccc1S(=O)(=O)N1CCS(=O)(=O)CC1. The standard InChI is InChI=1S/C11H18N2O4S3/c1-2-12-9-10-11(3-6-18-10)20(16,17)13-4-7-19(14,15)8-5-13/h3,6,12H,2,4-5,7-9H2,1H3. The summed E-state index contributed by atoms with van der Waals surface area (Å²) < 4.78 is 49.2. The molecule has 1 saturated heterocycles. The number of hydrogen-bond acceptors (Lipinski definition) is 6. The third-order valence-electron chi connectivity index (χ3n) is 3.16. The molecule has 0 radical (unpaired) electrons. The van der Waals surface area contributed by atoms with Crippen LogP contribution in [0.5, 0.6) is 0 Å². The number of sulfonamides is 1. The minimum absolute atomic E-state index is 0.0428. The highest BCUT2D eigenvalue weighted by atomic mass is 32.2. The van der Waals surface area contributed by atoms with Gasteiger partial charge in [0.15, 0.2) is 9.84 Å². The van der Waals surface area contributed by atoms with Gasteiger partial charge in [-0.2, -0.15) is 4.31 Å². The number of nitrogens with one attached hydrogen (secondary N) is 1. The Morgan fingerprint density at radius 3 is 2.60 bits per heavy atom. The first-order chi connectivity index (χ1) is 9.37. The molecule has 1 aromatic heterocycles. The molecule has 6 nitrogen and oxygen atoms in total. The third kappa shape index (κ3) is 3.40. The van der Waals surface area contributed by atoms with Crippen LogP contribution in [-0.2, 0) is 26.4 Å². The fourth-order valence-electron chi connectivity index (χ4n) is 2.00. The van der Waals surface area contributed by atoms with Gasteiger partial charge in [-0.05, 0) is 18.0 Å². The van der Waals surface area contributed by atoms with Gasteiger partial charge in [0.1, 0.15) is 0 Å². The molecule has 0 atom stereocenters. The van der Waals surface area contributed by atoms with Crippen LogP contribution in [0.4, 0.5) is 0 Å². The van der Waals surface area contributed by atoms with E-state index in [1.165, 1.54) is 15.6 Å². The molecule has 1 aliphatic heterocycles. The topological polar surface area (TPSA) is 83.6 Å². The Kier molecular flexibility index (Phi) is 4.85. The second-order valence-corrected chi connectivity index (χ2v) is 9.75. The van der Waals surface area contributed by atoms with Crippen LogP contribution >= 0.6 is 11.3 Å². The summed E-state index contributed by atoms with van der Waals surface area (Å²) in [6, 6.07) is 1.59. The highest BCUT2D eigenvalue weighted by molar-refractivity contribution is 7.92. The first-order valence-corrected chi connectivity index (χ1v) is 10.5. The molecule has 20 heavy (non-hydrogen) atoms. The molecule has 9 heteroatoms. The summed E-state index contributed by atoms with van der Waals surface area (Å²) in [6.07, 6.45) is 0. The lowest BCUT2D eigenvalue weighted by Crippen LogP contribution is -2.43. The summed E-state index contributed by atoms with van der Waals surface area (Å²) in [5, 5.41) is 4.86. The quantitative estimate of drug-likeness (QED) is 0.833. The molecule has 0 aromatic carbocycles. The van der Waals surface area contributed by atoms with E-state index in [1.807, 2.05) is 6.92 Å². The maximum Gasteiger partial charge on any atom is 0.244 e. The fraction of sp³-hybridized carbons (Fsp3) is 0.636. The zero-order valence-electron chi connectivity index (χ0n) is 11.2. The van der Waals surface area contributed by atoms with E-state index < -0.39 is 19.9 Å². The van der Waals surface area contributed by atoms with Crippen molar-refractivity contribution in [1.29, 1.82) is 0 Å². The second kappa shape index (κ2) is 6.10. The Balaban J connectivity index is 2.21. The lowest BCUT2D eigenvalue weighted by molar-refractivity contribution is 0.430. The molecule has 2 heterocycles. The molecule has 1 aromatic rings. The molecule has 1 N–H and O–H groups in total. The number of sulfone groups is 1. The van der Waals surface area contributed by atoms with E-state index in [4.69, 9.17) is 0 Å². The molecule has 1 fully saturated rings. The van der Waals surface area contributed by atoms with Crippen LogP contribution in [0, 0.1) is 0 Å². The van der Waals surface area contributed by atoms with Crippen LogP contribution in [0.15, 0.2) is 16.3 Å². The minimum atomic E-state index is -3.59. The molecule has 0 bridgehead atoms. The Bertz CT molecular complexity index is 650.